The number of H-pyrrole nitrogens is 1. The Labute approximate surface area is 163 Å². The van der Waals surface area contributed by atoms with Gasteiger partial charge < -0.3 is 9.64 Å². The van der Waals surface area contributed by atoms with Crippen LogP contribution in [0.3, 0.4) is 0 Å². The van der Waals surface area contributed by atoms with Gasteiger partial charge in [-0.15, -0.1) is 0 Å². The van der Waals surface area contributed by atoms with Gasteiger partial charge in [-0.05, 0) is 37.8 Å². The molecule has 1 aliphatic rings. The van der Waals surface area contributed by atoms with Crippen molar-refractivity contribution in [2.75, 3.05) is 7.11 Å². The fourth-order valence-corrected chi connectivity index (χ4v) is 3.54. The van der Waals surface area contributed by atoms with Crippen molar-refractivity contribution in [3.05, 3.63) is 52.9 Å². The predicted molar refractivity (Wildman–Crippen MR) is 92.9 cm³/mol. The molecule has 1 amide bonds. The van der Waals surface area contributed by atoms with E-state index >= 15 is 0 Å². The second-order valence-electron chi connectivity index (χ2n) is 6.96. The van der Waals surface area contributed by atoms with E-state index in [9.17, 15) is 26.7 Å². The van der Waals surface area contributed by atoms with Gasteiger partial charge in [0.25, 0.3) is 5.91 Å². The van der Waals surface area contributed by atoms with Gasteiger partial charge in [-0.25, -0.2) is 8.78 Å². The second-order valence-corrected chi connectivity index (χ2v) is 6.96. The summed E-state index contributed by atoms with van der Waals surface area (Å²) in [6, 6.07) is 3.55. The number of methoxy groups -OCH3 is 1. The molecular weight excluding hydrogens is 397 g/mol. The van der Waals surface area contributed by atoms with Crippen LogP contribution in [0, 0.1) is 11.6 Å². The van der Waals surface area contributed by atoms with Crippen molar-refractivity contribution in [1.82, 2.24) is 15.1 Å². The summed E-state index contributed by atoms with van der Waals surface area (Å²) in [5.74, 6) is -2.44. The fourth-order valence-electron chi connectivity index (χ4n) is 3.54. The lowest BCUT2D eigenvalue weighted by Gasteiger charge is -2.36. The Balaban J connectivity index is 1.90. The smallest absolute Gasteiger partial charge is 0.381 e. The van der Waals surface area contributed by atoms with Gasteiger partial charge in [0.15, 0.2) is 5.69 Å². The van der Waals surface area contributed by atoms with Gasteiger partial charge in [0.05, 0.1) is 12.6 Å². The molecule has 0 bridgehead atoms. The number of rotatable bonds is 5. The highest BCUT2D eigenvalue weighted by molar-refractivity contribution is 5.92. The number of nitrogens with zero attached hydrogens (tertiary/aromatic N) is 2. The summed E-state index contributed by atoms with van der Waals surface area (Å²) in [6.45, 7) is -0.403. The minimum atomic E-state index is -4.71. The van der Waals surface area contributed by atoms with Gasteiger partial charge >= 0.3 is 6.18 Å². The number of aromatic amines is 1. The van der Waals surface area contributed by atoms with Crippen LogP contribution in [0.15, 0.2) is 24.3 Å². The molecule has 0 radical (unpaired) electrons. The lowest BCUT2D eigenvalue weighted by molar-refractivity contribution is -0.141. The van der Waals surface area contributed by atoms with Crippen molar-refractivity contribution in [3.63, 3.8) is 0 Å². The predicted octanol–water partition coefficient (Wildman–Crippen LogP) is 4.31. The van der Waals surface area contributed by atoms with Crippen molar-refractivity contribution in [1.29, 1.82) is 0 Å². The summed E-state index contributed by atoms with van der Waals surface area (Å²) >= 11 is 0. The zero-order valence-corrected chi connectivity index (χ0v) is 15.6. The largest absolute Gasteiger partial charge is 0.435 e. The molecule has 10 heteroatoms. The van der Waals surface area contributed by atoms with E-state index in [1.54, 1.807) is 7.11 Å². The van der Waals surface area contributed by atoms with Gasteiger partial charge in [-0.1, -0.05) is 6.07 Å². The first-order valence-electron chi connectivity index (χ1n) is 9.10. The Morgan fingerprint density at radius 1 is 1.21 bits per heavy atom. The number of carbonyl (C=O) groups excluding carboxylic acids is 1. The number of hydrogen-bond acceptors (Lipinski definition) is 3. The molecule has 0 aliphatic heterocycles. The topological polar surface area (TPSA) is 58.2 Å². The Hall–Kier alpha value is -2.49. The Morgan fingerprint density at radius 3 is 2.34 bits per heavy atom. The normalized spacial score (nSPS) is 19.9. The van der Waals surface area contributed by atoms with Crippen molar-refractivity contribution >= 4 is 5.91 Å². The molecule has 1 aromatic heterocycles. The molecule has 0 unspecified atom stereocenters. The summed E-state index contributed by atoms with van der Waals surface area (Å²) in [5, 5.41) is 5.23. The van der Waals surface area contributed by atoms with E-state index in [1.807, 2.05) is 0 Å². The molecule has 2 aromatic rings. The maximum Gasteiger partial charge on any atom is 0.435 e. The minimum absolute atomic E-state index is 0.0115. The number of aromatic nitrogens is 2. The van der Waals surface area contributed by atoms with Gasteiger partial charge in [-0.3, -0.25) is 9.89 Å². The highest BCUT2D eigenvalue weighted by Crippen LogP contribution is 2.30. The lowest BCUT2D eigenvalue weighted by Crippen LogP contribution is -2.43. The molecular formula is C19H20F5N3O2. The molecule has 5 nitrogen and oxygen atoms in total. The Bertz CT molecular complexity index is 840. The number of carbonyl (C=O) groups is 1. The van der Waals surface area contributed by atoms with Crippen LogP contribution in [0.4, 0.5) is 22.0 Å². The van der Waals surface area contributed by atoms with Crippen molar-refractivity contribution in [3.8, 4) is 0 Å². The van der Waals surface area contributed by atoms with Crippen LogP contribution in [0.1, 0.15) is 47.4 Å². The molecule has 0 atom stereocenters. The molecule has 3 rings (SSSR count). The number of halogens is 5. The maximum atomic E-state index is 14.2. The third kappa shape index (κ3) is 4.75. The lowest BCUT2D eigenvalue weighted by atomic mass is 9.91. The number of alkyl halides is 3. The van der Waals surface area contributed by atoms with Crippen molar-refractivity contribution < 1.29 is 31.5 Å². The molecule has 1 heterocycles. The summed E-state index contributed by atoms with van der Waals surface area (Å²) in [6.07, 6.45) is -2.45. The van der Waals surface area contributed by atoms with Crippen molar-refractivity contribution in [2.24, 2.45) is 0 Å². The van der Waals surface area contributed by atoms with Gasteiger partial charge in [-0.2, -0.15) is 18.3 Å². The van der Waals surface area contributed by atoms with Crippen LogP contribution in [-0.2, 0) is 17.5 Å². The third-order valence-electron chi connectivity index (χ3n) is 5.17. The van der Waals surface area contributed by atoms with Gasteiger partial charge in [0, 0.05) is 24.8 Å². The zero-order chi connectivity index (χ0) is 21.2. The second kappa shape index (κ2) is 8.48. The molecule has 1 N–H and O–H groups in total. The van der Waals surface area contributed by atoms with Gasteiger partial charge in [0.1, 0.15) is 17.3 Å². The zero-order valence-electron chi connectivity index (χ0n) is 15.6. The number of nitrogens with one attached hydrogen (secondary N) is 1. The summed E-state index contributed by atoms with van der Waals surface area (Å²) in [5.41, 5.74) is -1.94. The first kappa shape index (κ1) is 21.2. The van der Waals surface area contributed by atoms with E-state index in [1.165, 1.54) is 11.0 Å². The molecule has 1 aliphatic carbocycles. The SMILES string of the molecule is CO[C@H]1CC[C@H](N(Cc2c(F)cccc2F)C(=O)c2cc(C(F)(F)F)n[nH]2)CC1. The highest BCUT2D eigenvalue weighted by atomic mass is 19.4. The standard InChI is InChI=1S/C19H20F5N3O2/c1-29-12-7-5-11(6-8-12)27(10-13-14(20)3-2-4-15(13)21)18(28)16-9-17(26-25-16)19(22,23)24/h2-4,9,11-12H,5-8,10H2,1H3,(H,25,26)/t11-,12-. The molecule has 29 heavy (non-hydrogen) atoms. The number of hydrogen-bond donors (Lipinski definition) is 1. The summed E-state index contributed by atoms with van der Waals surface area (Å²) in [4.78, 5) is 14.2. The van der Waals surface area contributed by atoms with Crippen LogP contribution in [0.2, 0.25) is 0 Å². The minimum Gasteiger partial charge on any atom is -0.381 e. The monoisotopic (exact) mass is 417 g/mol. The quantitative estimate of drug-likeness (QED) is 0.738. The Kier molecular flexibility index (Phi) is 6.21. The van der Waals surface area contributed by atoms with Crippen LogP contribution in [0.5, 0.6) is 0 Å². The molecule has 158 valence electrons. The molecule has 1 saturated carbocycles. The van der Waals surface area contributed by atoms with E-state index in [0.717, 1.165) is 12.1 Å². The summed E-state index contributed by atoms with van der Waals surface area (Å²) < 4.78 is 72.1. The molecule has 1 aromatic carbocycles. The van der Waals surface area contributed by atoms with E-state index in [4.69, 9.17) is 4.74 Å². The highest BCUT2D eigenvalue weighted by Gasteiger charge is 2.36. The fraction of sp³-hybridized carbons (Fsp3) is 0.474. The molecule has 0 spiro atoms. The maximum absolute atomic E-state index is 14.2. The van der Waals surface area contributed by atoms with E-state index < -0.39 is 42.0 Å². The van der Waals surface area contributed by atoms with E-state index in [2.05, 4.69) is 10.2 Å². The number of benzene rings is 1. The van der Waals surface area contributed by atoms with Crippen LogP contribution >= 0.6 is 0 Å². The van der Waals surface area contributed by atoms with Crippen molar-refractivity contribution in [2.45, 2.75) is 50.6 Å². The average Bonchev–Trinajstić information content (AvgIpc) is 3.18. The number of amides is 1. The van der Waals surface area contributed by atoms with E-state index in [0.29, 0.717) is 31.7 Å². The first-order valence-corrected chi connectivity index (χ1v) is 9.10. The number of ether oxygens (including phenoxy) is 1. The average molecular weight is 417 g/mol. The van der Waals surface area contributed by atoms with Crippen LogP contribution < -0.4 is 0 Å². The van der Waals surface area contributed by atoms with Gasteiger partial charge in [0.2, 0.25) is 0 Å². The third-order valence-corrected chi connectivity index (χ3v) is 5.17. The van der Waals surface area contributed by atoms with Crippen LogP contribution in [-0.4, -0.2) is 40.3 Å². The molecule has 1 fully saturated rings. The molecule has 0 saturated heterocycles. The van der Waals surface area contributed by atoms with Crippen LogP contribution in [0.25, 0.3) is 0 Å². The van der Waals surface area contributed by atoms with E-state index in [-0.39, 0.29) is 17.4 Å². The Morgan fingerprint density at radius 2 is 1.83 bits per heavy atom. The first-order chi connectivity index (χ1) is 13.7. The summed E-state index contributed by atoms with van der Waals surface area (Å²) in [7, 11) is 1.58.